The van der Waals surface area contributed by atoms with Crippen molar-refractivity contribution in [3.05, 3.63) is 83.9 Å². The van der Waals surface area contributed by atoms with E-state index in [0.717, 1.165) is 33.7 Å². The van der Waals surface area contributed by atoms with Gasteiger partial charge in [0.2, 0.25) is 11.8 Å². The van der Waals surface area contributed by atoms with E-state index in [0.29, 0.717) is 25.7 Å². The molecule has 38 heavy (non-hydrogen) atoms. The molecule has 1 aliphatic heterocycles. The molecule has 2 amide bonds. The Hall–Kier alpha value is -3.62. The lowest BCUT2D eigenvalue weighted by molar-refractivity contribution is -0.118. The third kappa shape index (κ3) is 6.26. The van der Waals surface area contributed by atoms with Gasteiger partial charge in [0.1, 0.15) is 0 Å². The molecule has 0 aliphatic carbocycles. The topological polar surface area (TPSA) is 108 Å². The summed E-state index contributed by atoms with van der Waals surface area (Å²) in [5.41, 5.74) is 15.8. The predicted octanol–water partition coefficient (Wildman–Crippen LogP) is 4.29. The van der Waals surface area contributed by atoms with Crippen LogP contribution in [0.2, 0.25) is 0 Å². The molecule has 7 nitrogen and oxygen atoms in total. The maximum absolute atomic E-state index is 11.2. The number of hydrogen-bond donors (Lipinski definition) is 2. The molecular formula is C30H36BN3O4. The minimum atomic E-state index is -0.434. The zero-order chi connectivity index (χ0) is 27.5. The number of aryl methyl sites for hydroxylation is 2. The minimum absolute atomic E-state index is 0.311. The van der Waals surface area contributed by atoms with E-state index in [4.69, 9.17) is 20.8 Å². The zero-order valence-electron chi connectivity index (χ0n) is 22.6. The van der Waals surface area contributed by atoms with Gasteiger partial charge in [-0.05, 0) is 93.5 Å². The van der Waals surface area contributed by atoms with Gasteiger partial charge >= 0.3 is 7.12 Å². The molecule has 0 atom stereocenters. The summed E-state index contributed by atoms with van der Waals surface area (Å²) in [6, 6.07) is 24.4. The molecule has 0 spiro atoms. The van der Waals surface area contributed by atoms with Crippen LogP contribution < -0.4 is 21.8 Å². The molecule has 1 fully saturated rings. The molecule has 3 aromatic rings. The molecule has 198 valence electrons. The molecule has 0 radical (unpaired) electrons. The van der Waals surface area contributed by atoms with Crippen molar-refractivity contribution in [2.75, 3.05) is 4.90 Å². The van der Waals surface area contributed by atoms with Crippen molar-refractivity contribution < 1.29 is 18.9 Å². The smallest absolute Gasteiger partial charge is 0.399 e. The second-order valence-corrected chi connectivity index (χ2v) is 10.8. The minimum Gasteiger partial charge on any atom is -0.399 e. The Morgan fingerprint density at radius 1 is 0.658 bits per heavy atom. The van der Waals surface area contributed by atoms with Crippen LogP contribution in [0.1, 0.15) is 51.7 Å². The van der Waals surface area contributed by atoms with Gasteiger partial charge in [-0.25, -0.2) is 0 Å². The Kier molecular flexibility index (Phi) is 7.95. The lowest BCUT2D eigenvalue weighted by Crippen LogP contribution is -2.41. The molecule has 1 heterocycles. The van der Waals surface area contributed by atoms with Crippen molar-refractivity contribution in [3.8, 4) is 0 Å². The standard InChI is InChI=1S/C30H36BN3O4/c1-29(2)30(3,4)38-31(37-29)23-11-17-26(18-12-23)34(24-13-5-21(6-14-24)9-19-27(32)35)25-15-7-22(8-16-25)10-20-28(33)36/h5-8,11-18H,9-10,19-20H2,1-4H3,(H2,32,35)(H2,33,36). The quantitative estimate of drug-likeness (QED) is 0.394. The molecule has 1 saturated heterocycles. The number of carbonyl (C=O) groups is 2. The van der Waals surface area contributed by atoms with E-state index in [-0.39, 0.29) is 11.8 Å². The number of rotatable bonds is 10. The van der Waals surface area contributed by atoms with E-state index >= 15 is 0 Å². The van der Waals surface area contributed by atoms with Gasteiger partial charge in [-0.15, -0.1) is 0 Å². The van der Waals surface area contributed by atoms with E-state index in [1.807, 2.05) is 88.4 Å². The molecule has 3 aromatic carbocycles. The van der Waals surface area contributed by atoms with E-state index < -0.39 is 18.3 Å². The lowest BCUT2D eigenvalue weighted by Gasteiger charge is -2.32. The van der Waals surface area contributed by atoms with Crippen molar-refractivity contribution in [1.29, 1.82) is 0 Å². The summed E-state index contributed by atoms with van der Waals surface area (Å²) in [6.07, 6.45) is 1.84. The largest absolute Gasteiger partial charge is 0.494 e. The van der Waals surface area contributed by atoms with Crippen molar-refractivity contribution in [2.45, 2.75) is 64.6 Å². The molecule has 0 unspecified atom stereocenters. The third-order valence-electron chi connectivity index (χ3n) is 7.39. The van der Waals surface area contributed by atoms with Crippen molar-refractivity contribution >= 4 is 41.5 Å². The van der Waals surface area contributed by atoms with E-state index in [1.54, 1.807) is 0 Å². The van der Waals surface area contributed by atoms with Crippen LogP contribution in [0.5, 0.6) is 0 Å². The highest BCUT2D eigenvalue weighted by atomic mass is 16.7. The summed E-state index contributed by atoms with van der Waals surface area (Å²) in [5, 5.41) is 0. The summed E-state index contributed by atoms with van der Waals surface area (Å²) in [5.74, 6) is -0.622. The Morgan fingerprint density at radius 2 is 1.00 bits per heavy atom. The van der Waals surface area contributed by atoms with Gasteiger partial charge < -0.3 is 25.7 Å². The molecule has 0 saturated carbocycles. The Morgan fingerprint density at radius 3 is 1.34 bits per heavy atom. The summed E-state index contributed by atoms with van der Waals surface area (Å²) in [7, 11) is -0.434. The number of primary amides is 2. The van der Waals surface area contributed by atoms with Gasteiger partial charge in [-0.3, -0.25) is 9.59 Å². The summed E-state index contributed by atoms with van der Waals surface area (Å²) < 4.78 is 12.4. The molecule has 4 rings (SSSR count). The Labute approximate surface area is 225 Å². The second kappa shape index (κ2) is 11.0. The fourth-order valence-electron chi connectivity index (χ4n) is 4.37. The van der Waals surface area contributed by atoms with E-state index in [9.17, 15) is 9.59 Å². The summed E-state index contributed by atoms with van der Waals surface area (Å²) >= 11 is 0. The number of hydrogen-bond acceptors (Lipinski definition) is 5. The Bertz CT molecular complexity index is 1190. The fraction of sp³-hybridized carbons (Fsp3) is 0.333. The summed E-state index contributed by atoms with van der Waals surface area (Å²) in [4.78, 5) is 24.5. The highest BCUT2D eigenvalue weighted by Crippen LogP contribution is 2.38. The molecule has 8 heteroatoms. The second-order valence-electron chi connectivity index (χ2n) is 10.8. The maximum Gasteiger partial charge on any atom is 0.494 e. The molecule has 4 N–H and O–H groups in total. The molecule has 0 aromatic heterocycles. The highest BCUT2D eigenvalue weighted by Gasteiger charge is 2.51. The fourth-order valence-corrected chi connectivity index (χ4v) is 4.37. The van der Waals surface area contributed by atoms with Gasteiger partial charge in [0.25, 0.3) is 0 Å². The van der Waals surface area contributed by atoms with Gasteiger partial charge in [0.05, 0.1) is 11.2 Å². The average molecular weight is 513 g/mol. The lowest BCUT2D eigenvalue weighted by atomic mass is 9.79. The van der Waals surface area contributed by atoms with E-state index in [2.05, 4.69) is 17.0 Å². The Balaban J connectivity index is 1.63. The first-order valence-corrected chi connectivity index (χ1v) is 13.0. The van der Waals surface area contributed by atoms with Crippen molar-refractivity contribution in [1.82, 2.24) is 0 Å². The number of nitrogens with zero attached hydrogens (tertiary/aromatic N) is 1. The van der Waals surface area contributed by atoms with Crippen LogP contribution in [-0.2, 0) is 31.7 Å². The maximum atomic E-state index is 11.2. The zero-order valence-corrected chi connectivity index (χ0v) is 22.6. The number of anilines is 3. The first kappa shape index (κ1) is 27.4. The predicted molar refractivity (Wildman–Crippen MR) is 152 cm³/mol. The number of carbonyl (C=O) groups excluding carboxylic acids is 2. The van der Waals surface area contributed by atoms with Crippen LogP contribution in [0.15, 0.2) is 72.8 Å². The normalized spacial score (nSPS) is 15.8. The van der Waals surface area contributed by atoms with Crippen LogP contribution >= 0.6 is 0 Å². The van der Waals surface area contributed by atoms with Crippen molar-refractivity contribution in [3.63, 3.8) is 0 Å². The SMILES string of the molecule is CC1(C)OB(c2ccc(N(c3ccc(CCC(N)=O)cc3)c3ccc(CCC(N)=O)cc3)cc2)OC1(C)C. The number of benzene rings is 3. The van der Waals surface area contributed by atoms with Gasteiger partial charge in [0.15, 0.2) is 0 Å². The van der Waals surface area contributed by atoms with Crippen LogP contribution in [-0.4, -0.2) is 30.1 Å². The molecular weight excluding hydrogens is 477 g/mol. The highest BCUT2D eigenvalue weighted by molar-refractivity contribution is 6.62. The first-order valence-electron chi connectivity index (χ1n) is 13.0. The third-order valence-corrected chi connectivity index (χ3v) is 7.39. The molecule has 0 bridgehead atoms. The van der Waals surface area contributed by atoms with Crippen LogP contribution in [0, 0.1) is 0 Å². The average Bonchev–Trinajstić information content (AvgIpc) is 3.10. The van der Waals surface area contributed by atoms with E-state index in [1.165, 1.54) is 0 Å². The van der Waals surface area contributed by atoms with Crippen molar-refractivity contribution in [2.24, 2.45) is 11.5 Å². The first-order chi connectivity index (χ1) is 17.9. The van der Waals surface area contributed by atoms with Gasteiger partial charge in [0, 0.05) is 29.9 Å². The number of nitrogens with two attached hydrogens (primary N) is 2. The molecule has 1 aliphatic rings. The van der Waals surface area contributed by atoms with Gasteiger partial charge in [-0.1, -0.05) is 36.4 Å². The number of amides is 2. The van der Waals surface area contributed by atoms with Crippen LogP contribution in [0.4, 0.5) is 17.1 Å². The monoisotopic (exact) mass is 513 g/mol. The van der Waals surface area contributed by atoms with Crippen LogP contribution in [0.3, 0.4) is 0 Å². The summed E-state index contributed by atoms with van der Waals surface area (Å²) in [6.45, 7) is 8.18. The van der Waals surface area contributed by atoms with Crippen LogP contribution in [0.25, 0.3) is 0 Å². The van der Waals surface area contributed by atoms with Gasteiger partial charge in [-0.2, -0.15) is 0 Å².